The topological polar surface area (TPSA) is 83.6 Å². The Hall–Kier alpha value is -1.80. The zero-order valence-corrected chi connectivity index (χ0v) is 13.9. The smallest absolute Gasteiger partial charge is 0.305 e. The largest absolute Gasteiger partial charge is 0.481 e. The Morgan fingerprint density at radius 2 is 2.35 bits per heavy atom. The molecule has 0 bridgehead atoms. The van der Waals surface area contributed by atoms with Crippen molar-refractivity contribution in [3.05, 3.63) is 29.5 Å². The summed E-state index contributed by atoms with van der Waals surface area (Å²) in [7, 11) is 0. The average Bonchev–Trinajstić information content (AvgIpc) is 3.17. The van der Waals surface area contributed by atoms with Crippen LogP contribution in [0, 0.1) is 0 Å². The molecule has 1 aliphatic rings. The Morgan fingerprint density at radius 1 is 1.48 bits per heavy atom. The molecule has 1 amide bonds. The number of thioether (sulfide) groups is 1. The van der Waals surface area contributed by atoms with Crippen molar-refractivity contribution in [1.82, 2.24) is 9.88 Å². The van der Waals surface area contributed by atoms with Gasteiger partial charge in [-0.2, -0.15) is 11.8 Å². The number of carbonyl (C=O) groups is 2. The van der Waals surface area contributed by atoms with E-state index in [1.165, 1.54) is 17.6 Å². The fourth-order valence-corrected chi connectivity index (χ4v) is 4.23. The first kappa shape index (κ1) is 16.1. The van der Waals surface area contributed by atoms with Crippen LogP contribution in [0.5, 0.6) is 0 Å². The van der Waals surface area contributed by atoms with Gasteiger partial charge in [-0.25, -0.2) is 4.98 Å². The summed E-state index contributed by atoms with van der Waals surface area (Å²) in [5.41, 5.74) is 0.575. The molecule has 3 heterocycles. The maximum atomic E-state index is 12.5. The third-order valence-corrected chi connectivity index (χ3v) is 5.52. The standard InChI is InChI=1S/C15H16N2O4S2/c18-13(17-3-5-22-9-11(17)7-14(19)20)6-10-8-21-15(16-10)12-2-1-4-23-12/h1-2,4,8,11H,3,5-7,9H2,(H,19,20). The number of aliphatic carboxylic acids is 1. The van der Waals surface area contributed by atoms with Gasteiger partial charge in [-0.3, -0.25) is 9.59 Å². The maximum absolute atomic E-state index is 12.5. The van der Waals surface area contributed by atoms with Crippen LogP contribution in [0.3, 0.4) is 0 Å². The fraction of sp³-hybridized carbons (Fsp3) is 0.400. The zero-order chi connectivity index (χ0) is 16.2. The Morgan fingerprint density at radius 3 is 3.09 bits per heavy atom. The van der Waals surface area contributed by atoms with E-state index in [0.29, 0.717) is 23.9 Å². The minimum Gasteiger partial charge on any atom is -0.481 e. The lowest BCUT2D eigenvalue weighted by Crippen LogP contribution is -2.47. The van der Waals surface area contributed by atoms with E-state index in [9.17, 15) is 9.59 Å². The summed E-state index contributed by atoms with van der Waals surface area (Å²) in [6, 6.07) is 3.58. The fourth-order valence-electron chi connectivity index (χ4n) is 2.51. The van der Waals surface area contributed by atoms with E-state index in [0.717, 1.165) is 10.6 Å². The van der Waals surface area contributed by atoms with Crippen molar-refractivity contribution in [3.63, 3.8) is 0 Å². The number of rotatable bonds is 5. The van der Waals surface area contributed by atoms with Gasteiger partial charge >= 0.3 is 5.97 Å². The third kappa shape index (κ3) is 3.94. The number of hydrogen-bond donors (Lipinski definition) is 1. The van der Waals surface area contributed by atoms with E-state index >= 15 is 0 Å². The minimum absolute atomic E-state index is 0.0159. The number of aromatic nitrogens is 1. The van der Waals surface area contributed by atoms with Crippen LogP contribution >= 0.6 is 23.1 Å². The molecule has 1 fully saturated rings. The molecule has 2 aromatic heterocycles. The summed E-state index contributed by atoms with van der Waals surface area (Å²) in [6.45, 7) is 0.580. The van der Waals surface area contributed by atoms with Crippen molar-refractivity contribution in [1.29, 1.82) is 0 Å². The third-order valence-electron chi connectivity index (χ3n) is 3.57. The molecule has 2 aromatic rings. The summed E-state index contributed by atoms with van der Waals surface area (Å²) in [5.74, 6) is 1.04. The first-order valence-electron chi connectivity index (χ1n) is 7.21. The van der Waals surface area contributed by atoms with Gasteiger partial charge in [0, 0.05) is 18.1 Å². The van der Waals surface area contributed by atoms with Gasteiger partial charge in [0.25, 0.3) is 0 Å². The molecule has 1 unspecified atom stereocenters. The zero-order valence-electron chi connectivity index (χ0n) is 12.3. The number of carboxylic acid groups (broad SMARTS) is 1. The molecule has 0 spiro atoms. The van der Waals surface area contributed by atoms with E-state index in [2.05, 4.69) is 4.98 Å². The SMILES string of the molecule is O=C(O)CC1CSCCN1C(=O)Cc1coc(-c2cccs2)n1. The molecule has 1 aliphatic heterocycles. The second-order valence-electron chi connectivity index (χ2n) is 5.21. The highest BCUT2D eigenvalue weighted by Crippen LogP contribution is 2.24. The summed E-state index contributed by atoms with van der Waals surface area (Å²) in [4.78, 5) is 30.4. The molecule has 23 heavy (non-hydrogen) atoms. The van der Waals surface area contributed by atoms with Crippen LogP contribution in [0.25, 0.3) is 10.8 Å². The van der Waals surface area contributed by atoms with Crippen molar-refractivity contribution >= 4 is 35.0 Å². The molecular weight excluding hydrogens is 336 g/mol. The van der Waals surface area contributed by atoms with Crippen LogP contribution < -0.4 is 0 Å². The molecule has 0 saturated carbocycles. The second-order valence-corrected chi connectivity index (χ2v) is 7.31. The monoisotopic (exact) mass is 352 g/mol. The van der Waals surface area contributed by atoms with Crippen LogP contribution in [-0.4, -0.2) is 51.0 Å². The molecule has 1 saturated heterocycles. The lowest BCUT2D eigenvalue weighted by molar-refractivity contribution is -0.140. The van der Waals surface area contributed by atoms with E-state index in [-0.39, 0.29) is 24.8 Å². The highest BCUT2D eigenvalue weighted by atomic mass is 32.2. The van der Waals surface area contributed by atoms with Crippen molar-refractivity contribution in [2.45, 2.75) is 18.9 Å². The predicted octanol–water partition coefficient (Wildman–Crippen LogP) is 2.36. The minimum atomic E-state index is -0.878. The Kier molecular flexibility index (Phi) is 5.02. The number of carbonyl (C=O) groups excluding carboxylic acids is 1. The average molecular weight is 352 g/mol. The molecule has 6 nitrogen and oxygen atoms in total. The van der Waals surface area contributed by atoms with Crippen LogP contribution in [0.1, 0.15) is 12.1 Å². The number of hydrogen-bond acceptors (Lipinski definition) is 6. The number of carboxylic acids is 1. The Labute approximate surface area is 141 Å². The van der Waals surface area contributed by atoms with Crippen LogP contribution in [0.2, 0.25) is 0 Å². The van der Waals surface area contributed by atoms with Gasteiger partial charge in [0.05, 0.1) is 29.5 Å². The van der Waals surface area contributed by atoms with Gasteiger partial charge < -0.3 is 14.4 Å². The summed E-state index contributed by atoms with van der Waals surface area (Å²) >= 11 is 3.21. The lowest BCUT2D eigenvalue weighted by Gasteiger charge is -2.34. The molecule has 1 N–H and O–H groups in total. The first-order valence-corrected chi connectivity index (χ1v) is 9.24. The normalized spacial score (nSPS) is 18.1. The highest BCUT2D eigenvalue weighted by molar-refractivity contribution is 7.99. The van der Waals surface area contributed by atoms with Gasteiger partial charge in [0.2, 0.25) is 11.8 Å². The Bertz CT molecular complexity index is 683. The summed E-state index contributed by atoms with van der Waals surface area (Å²) in [6.07, 6.45) is 1.62. The van der Waals surface area contributed by atoms with Gasteiger partial charge in [0.1, 0.15) is 6.26 Å². The first-order chi connectivity index (χ1) is 11.1. The molecule has 0 radical (unpaired) electrons. The summed E-state index contributed by atoms with van der Waals surface area (Å²) in [5, 5.41) is 10.9. The van der Waals surface area contributed by atoms with E-state index < -0.39 is 5.97 Å². The number of oxazole rings is 1. The molecule has 0 aromatic carbocycles. The van der Waals surface area contributed by atoms with Crippen LogP contribution in [0.15, 0.2) is 28.2 Å². The molecule has 0 aliphatic carbocycles. The van der Waals surface area contributed by atoms with E-state index in [4.69, 9.17) is 9.52 Å². The lowest BCUT2D eigenvalue weighted by atomic mass is 10.1. The predicted molar refractivity (Wildman–Crippen MR) is 88.6 cm³/mol. The van der Waals surface area contributed by atoms with Crippen LogP contribution in [0.4, 0.5) is 0 Å². The molecule has 8 heteroatoms. The highest BCUT2D eigenvalue weighted by Gasteiger charge is 2.29. The maximum Gasteiger partial charge on any atom is 0.305 e. The molecule has 3 rings (SSSR count). The number of nitrogens with zero attached hydrogens (tertiary/aromatic N) is 2. The van der Waals surface area contributed by atoms with E-state index in [1.54, 1.807) is 16.7 Å². The van der Waals surface area contributed by atoms with Gasteiger partial charge in [-0.1, -0.05) is 6.07 Å². The molecule has 1 atom stereocenters. The van der Waals surface area contributed by atoms with Gasteiger partial charge in [-0.05, 0) is 11.4 Å². The van der Waals surface area contributed by atoms with Crippen molar-refractivity contribution in [2.24, 2.45) is 0 Å². The van der Waals surface area contributed by atoms with Crippen molar-refractivity contribution < 1.29 is 19.1 Å². The molecular formula is C15H16N2O4S2. The van der Waals surface area contributed by atoms with Crippen molar-refractivity contribution in [2.75, 3.05) is 18.1 Å². The molecule has 122 valence electrons. The van der Waals surface area contributed by atoms with Gasteiger partial charge in [-0.15, -0.1) is 11.3 Å². The Balaban J connectivity index is 1.67. The van der Waals surface area contributed by atoms with Crippen LogP contribution in [-0.2, 0) is 16.0 Å². The number of thiophene rings is 1. The quantitative estimate of drug-likeness (QED) is 0.889. The van der Waals surface area contributed by atoms with E-state index in [1.807, 2.05) is 17.5 Å². The summed E-state index contributed by atoms with van der Waals surface area (Å²) < 4.78 is 5.42. The van der Waals surface area contributed by atoms with Gasteiger partial charge in [0.15, 0.2) is 0 Å². The van der Waals surface area contributed by atoms with Crippen molar-refractivity contribution in [3.8, 4) is 10.8 Å². The number of amides is 1. The second kappa shape index (κ2) is 7.18.